The van der Waals surface area contributed by atoms with Gasteiger partial charge in [-0.15, -0.1) is 0 Å². The molecule has 0 saturated heterocycles. The number of amides is 1. The third kappa shape index (κ3) is 3.34. The van der Waals surface area contributed by atoms with Crippen LogP contribution in [0.2, 0.25) is 0 Å². The standard InChI is InChI=1S/C22H16BrN5O/c23-16-7-5-14(6-8-16)20-13-19(21-25-17-3-1-2-4-18(17)26-21)27-28(20)22(29)15-9-11-24-12-10-15/h1-12,20H,13H2,(H,25,26). The van der Waals surface area contributed by atoms with Gasteiger partial charge in [0, 0.05) is 28.9 Å². The van der Waals surface area contributed by atoms with Gasteiger partial charge in [0.2, 0.25) is 0 Å². The maximum atomic E-state index is 13.2. The fourth-order valence-corrected chi connectivity index (χ4v) is 3.77. The van der Waals surface area contributed by atoms with Crippen LogP contribution in [0.5, 0.6) is 0 Å². The van der Waals surface area contributed by atoms with Crippen LogP contribution in [0, 0.1) is 0 Å². The molecule has 29 heavy (non-hydrogen) atoms. The number of halogens is 1. The van der Waals surface area contributed by atoms with Crippen LogP contribution in [0.3, 0.4) is 0 Å². The molecule has 0 fully saturated rings. The summed E-state index contributed by atoms with van der Waals surface area (Å²) < 4.78 is 0.990. The number of hydrogen-bond donors (Lipinski definition) is 1. The first-order valence-corrected chi connectivity index (χ1v) is 10.00. The van der Waals surface area contributed by atoms with Gasteiger partial charge in [-0.05, 0) is 42.0 Å². The Morgan fingerprint density at radius 2 is 1.79 bits per heavy atom. The first-order valence-electron chi connectivity index (χ1n) is 9.21. The van der Waals surface area contributed by atoms with Gasteiger partial charge in [-0.1, -0.05) is 40.2 Å². The Labute approximate surface area is 175 Å². The van der Waals surface area contributed by atoms with Crippen LogP contribution in [-0.2, 0) is 0 Å². The quantitative estimate of drug-likeness (QED) is 0.495. The number of aromatic nitrogens is 3. The van der Waals surface area contributed by atoms with E-state index in [1.165, 1.54) is 0 Å². The van der Waals surface area contributed by atoms with Crippen LogP contribution in [-0.4, -0.2) is 31.6 Å². The minimum atomic E-state index is -0.202. The average Bonchev–Trinajstić information content (AvgIpc) is 3.39. The zero-order chi connectivity index (χ0) is 19.8. The minimum Gasteiger partial charge on any atom is -0.337 e. The molecular formula is C22H16BrN5O. The van der Waals surface area contributed by atoms with Crippen molar-refractivity contribution >= 4 is 38.6 Å². The lowest BCUT2D eigenvalue weighted by atomic mass is 10.0. The molecule has 7 heteroatoms. The molecule has 1 N–H and O–H groups in total. The van der Waals surface area contributed by atoms with Crippen molar-refractivity contribution in [2.24, 2.45) is 5.10 Å². The van der Waals surface area contributed by atoms with E-state index in [0.717, 1.165) is 26.8 Å². The number of hydrazone groups is 1. The van der Waals surface area contributed by atoms with E-state index in [2.05, 4.69) is 36.0 Å². The van der Waals surface area contributed by atoms with Gasteiger partial charge in [-0.25, -0.2) is 9.99 Å². The van der Waals surface area contributed by atoms with E-state index < -0.39 is 0 Å². The molecule has 2 aromatic carbocycles. The number of nitrogens with zero attached hydrogens (tertiary/aromatic N) is 4. The first-order chi connectivity index (χ1) is 14.2. The van der Waals surface area contributed by atoms with Crippen LogP contribution < -0.4 is 0 Å². The zero-order valence-corrected chi connectivity index (χ0v) is 16.9. The number of pyridine rings is 1. The molecule has 0 radical (unpaired) electrons. The summed E-state index contributed by atoms with van der Waals surface area (Å²) in [5.74, 6) is 0.532. The van der Waals surface area contributed by atoms with E-state index in [1.807, 2.05) is 48.5 Å². The number of nitrogens with one attached hydrogen (secondary N) is 1. The number of carbonyl (C=O) groups is 1. The maximum absolute atomic E-state index is 13.2. The van der Waals surface area contributed by atoms with Crippen molar-refractivity contribution in [3.8, 4) is 0 Å². The number of para-hydroxylation sites is 2. The normalized spacial score (nSPS) is 16.2. The number of hydrogen-bond acceptors (Lipinski definition) is 4. The van der Waals surface area contributed by atoms with Gasteiger partial charge in [0.25, 0.3) is 5.91 Å². The Hall–Kier alpha value is -3.32. The van der Waals surface area contributed by atoms with Crippen molar-refractivity contribution in [1.82, 2.24) is 20.0 Å². The monoisotopic (exact) mass is 445 g/mol. The molecule has 1 aliphatic rings. The molecule has 5 rings (SSSR count). The second-order valence-corrected chi connectivity index (χ2v) is 7.72. The minimum absolute atomic E-state index is 0.161. The number of imidazole rings is 1. The van der Waals surface area contributed by atoms with Gasteiger partial charge >= 0.3 is 0 Å². The van der Waals surface area contributed by atoms with E-state index in [-0.39, 0.29) is 11.9 Å². The van der Waals surface area contributed by atoms with Gasteiger partial charge in [0.15, 0.2) is 5.82 Å². The number of aromatic amines is 1. The summed E-state index contributed by atoms with van der Waals surface area (Å²) in [6.07, 6.45) is 3.81. The van der Waals surface area contributed by atoms with Crippen LogP contribution >= 0.6 is 15.9 Å². The van der Waals surface area contributed by atoms with Gasteiger partial charge in [0.05, 0.1) is 17.1 Å². The summed E-state index contributed by atoms with van der Waals surface area (Å²) in [7, 11) is 0. The van der Waals surface area contributed by atoms with Crippen molar-refractivity contribution in [2.45, 2.75) is 12.5 Å². The lowest BCUT2D eigenvalue weighted by Crippen LogP contribution is -2.27. The van der Waals surface area contributed by atoms with Crippen molar-refractivity contribution in [3.05, 3.63) is 94.5 Å². The van der Waals surface area contributed by atoms with E-state index in [0.29, 0.717) is 17.8 Å². The van der Waals surface area contributed by atoms with E-state index in [1.54, 1.807) is 29.5 Å². The van der Waals surface area contributed by atoms with Crippen molar-refractivity contribution in [3.63, 3.8) is 0 Å². The van der Waals surface area contributed by atoms with Gasteiger partial charge < -0.3 is 4.98 Å². The molecule has 2 aromatic heterocycles. The third-order valence-electron chi connectivity index (χ3n) is 4.96. The average molecular weight is 446 g/mol. The Bertz CT molecular complexity index is 1180. The zero-order valence-electron chi connectivity index (χ0n) is 15.3. The Balaban J connectivity index is 1.56. The summed E-state index contributed by atoms with van der Waals surface area (Å²) in [6.45, 7) is 0. The molecule has 142 valence electrons. The van der Waals surface area contributed by atoms with Crippen LogP contribution in [0.15, 0.2) is 82.6 Å². The van der Waals surface area contributed by atoms with Gasteiger partial charge in [-0.2, -0.15) is 5.10 Å². The van der Waals surface area contributed by atoms with E-state index in [9.17, 15) is 4.79 Å². The first kappa shape index (κ1) is 17.8. The number of benzene rings is 2. The number of H-pyrrole nitrogens is 1. The molecule has 4 aromatic rings. The molecule has 3 heterocycles. The molecule has 0 aliphatic carbocycles. The highest BCUT2D eigenvalue weighted by molar-refractivity contribution is 9.10. The van der Waals surface area contributed by atoms with Crippen LogP contribution in [0.1, 0.15) is 34.2 Å². The number of fused-ring (bicyclic) bond motifs is 1. The largest absolute Gasteiger partial charge is 0.337 e. The van der Waals surface area contributed by atoms with Gasteiger partial charge in [-0.3, -0.25) is 9.78 Å². The van der Waals surface area contributed by atoms with Crippen LogP contribution in [0.4, 0.5) is 0 Å². The fourth-order valence-electron chi connectivity index (χ4n) is 3.50. The Kier molecular flexibility index (Phi) is 4.44. The molecule has 6 nitrogen and oxygen atoms in total. The highest BCUT2D eigenvalue weighted by Crippen LogP contribution is 2.34. The SMILES string of the molecule is O=C(c1ccncc1)N1N=C(c2nc3ccccc3[nH]2)CC1c1ccc(Br)cc1. The van der Waals surface area contributed by atoms with Crippen LogP contribution in [0.25, 0.3) is 11.0 Å². The molecule has 0 saturated carbocycles. The Morgan fingerprint density at radius 1 is 1.03 bits per heavy atom. The molecule has 1 aliphatic heterocycles. The molecule has 0 bridgehead atoms. The van der Waals surface area contributed by atoms with E-state index in [4.69, 9.17) is 0 Å². The number of carbonyl (C=O) groups excluding carboxylic acids is 1. The lowest BCUT2D eigenvalue weighted by Gasteiger charge is -2.22. The number of rotatable bonds is 3. The highest BCUT2D eigenvalue weighted by Gasteiger charge is 2.34. The molecule has 1 atom stereocenters. The summed E-state index contributed by atoms with van der Waals surface area (Å²) >= 11 is 3.47. The smallest absolute Gasteiger partial charge is 0.274 e. The van der Waals surface area contributed by atoms with Crippen molar-refractivity contribution in [2.75, 3.05) is 0 Å². The topological polar surface area (TPSA) is 74.2 Å². The predicted molar refractivity (Wildman–Crippen MR) is 115 cm³/mol. The fraction of sp³-hybridized carbons (Fsp3) is 0.0909. The molecule has 1 amide bonds. The molecule has 0 spiro atoms. The van der Waals surface area contributed by atoms with E-state index >= 15 is 0 Å². The molecular weight excluding hydrogens is 430 g/mol. The maximum Gasteiger partial charge on any atom is 0.274 e. The lowest BCUT2D eigenvalue weighted by molar-refractivity contribution is 0.0711. The summed E-state index contributed by atoms with van der Waals surface area (Å²) in [5.41, 5.74) is 4.16. The van der Waals surface area contributed by atoms with Gasteiger partial charge in [0.1, 0.15) is 5.71 Å². The third-order valence-corrected chi connectivity index (χ3v) is 5.49. The summed E-state index contributed by atoms with van der Waals surface area (Å²) in [4.78, 5) is 25.2. The highest BCUT2D eigenvalue weighted by atomic mass is 79.9. The van der Waals surface area contributed by atoms with Crippen molar-refractivity contribution < 1.29 is 4.79 Å². The van der Waals surface area contributed by atoms with Crippen molar-refractivity contribution in [1.29, 1.82) is 0 Å². The second-order valence-electron chi connectivity index (χ2n) is 6.81. The summed E-state index contributed by atoms with van der Waals surface area (Å²) in [5, 5.41) is 6.24. The summed E-state index contributed by atoms with van der Waals surface area (Å²) in [6, 6.07) is 19.0. The molecule has 1 unspecified atom stereocenters. The second kappa shape index (κ2) is 7.25. The predicted octanol–water partition coefficient (Wildman–Crippen LogP) is 4.71. The Morgan fingerprint density at radius 3 is 2.55 bits per heavy atom.